The molecule has 0 amide bonds. The molecule has 1 aliphatic rings. The molecule has 5 heteroatoms. The molecule has 0 atom stereocenters. The normalized spacial score (nSPS) is 23.0. The molecule has 0 aromatic carbocycles. The predicted molar refractivity (Wildman–Crippen MR) is 89.1 cm³/mol. The van der Waals surface area contributed by atoms with Crippen molar-refractivity contribution >= 4 is 23.4 Å². The van der Waals surface area contributed by atoms with Crippen LogP contribution >= 0.6 is 12.2 Å². The Kier molecular flexibility index (Phi) is 4.20. The average Bonchev–Trinajstić information content (AvgIpc) is 2.98. The number of fused-ring (bicyclic) bond motifs is 1. The van der Waals surface area contributed by atoms with Crippen molar-refractivity contribution in [3.8, 4) is 0 Å². The number of aromatic amines is 1. The van der Waals surface area contributed by atoms with E-state index < -0.39 is 0 Å². The van der Waals surface area contributed by atoms with E-state index in [1.165, 1.54) is 37.8 Å². The maximum Gasteiger partial charge on any atom is 0.179 e. The van der Waals surface area contributed by atoms with Crippen molar-refractivity contribution in [2.75, 3.05) is 0 Å². The molecule has 1 N–H and O–H groups in total. The molecule has 2 aromatic heterocycles. The van der Waals surface area contributed by atoms with Crippen LogP contribution in [0, 0.1) is 23.5 Å². The average molecular weight is 306 g/mol. The summed E-state index contributed by atoms with van der Waals surface area (Å²) in [5, 5.41) is 4.61. The molecule has 1 aliphatic carbocycles. The maximum absolute atomic E-state index is 5.55. The highest BCUT2D eigenvalue weighted by molar-refractivity contribution is 7.71. The van der Waals surface area contributed by atoms with Gasteiger partial charge < -0.3 is 9.55 Å². The van der Waals surface area contributed by atoms with Crippen LogP contribution in [0.5, 0.6) is 0 Å². The summed E-state index contributed by atoms with van der Waals surface area (Å²) in [6, 6.07) is 0. The van der Waals surface area contributed by atoms with Gasteiger partial charge in [0.25, 0.3) is 0 Å². The molecule has 116 valence electrons. The van der Waals surface area contributed by atoms with Crippen molar-refractivity contribution < 1.29 is 0 Å². The van der Waals surface area contributed by atoms with Gasteiger partial charge in [0.1, 0.15) is 5.52 Å². The third-order valence-electron chi connectivity index (χ3n) is 5.12. The van der Waals surface area contributed by atoms with Crippen LogP contribution in [0.1, 0.15) is 51.6 Å². The van der Waals surface area contributed by atoms with Crippen LogP contribution in [0.3, 0.4) is 0 Å². The minimum atomic E-state index is 0.763. The number of aromatic nitrogens is 4. The zero-order valence-electron chi connectivity index (χ0n) is 13.4. The highest BCUT2D eigenvalue weighted by atomic mass is 32.1. The lowest BCUT2D eigenvalue weighted by Gasteiger charge is -2.28. The van der Waals surface area contributed by atoms with E-state index in [1.54, 1.807) is 0 Å². The van der Waals surface area contributed by atoms with Crippen LogP contribution in [-0.2, 0) is 13.1 Å². The van der Waals surface area contributed by atoms with Crippen molar-refractivity contribution in [2.24, 2.45) is 11.8 Å². The summed E-state index contributed by atoms with van der Waals surface area (Å²) in [5.74, 6) is 1.71. The van der Waals surface area contributed by atoms with Crippen molar-refractivity contribution in [1.29, 1.82) is 0 Å². The van der Waals surface area contributed by atoms with Crippen LogP contribution in [0.15, 0.2) is 0 Å². The largest absolute Gasteiger partial charge is 0.328 e. The first-order chi connectivity index (χ1) is 10.1. The van der Waals surface area contributed by atoms with E-state index in [2.05, 4.69) is 40.1 Å². The third kappa shape index (κ3) is 2.68. The maximum atomic E-state index is 5.55. The lowest BCUT2D eigenvalue weighted by molar-refractivity contribution is 0.248. The summed E-state index contributed by atoms with van der Waals surface area (Å²) >= 11 is 5.55. The molecule has 0 spiro atoms. The first-order valence-electron chi connectivity index (χ1n) is 8.29. The lowest BCUT2D eigenvalue weighted by atomic mass is 9.81. The molecule has 0 unspecified atom stereocenters. The molecular weight excluding hydrogens is 280 g/mol. The minimum absolute atomic E-state index is 0.763. The van der Waals surface area contributed by atoms with Gasteiger partial charge in [-0.05, 0) is 50.7 Å². The Labute approximate surface area is 131 Å². The highest BCUT2D eigenvalue weighted by Crippen LogP contribution is 2.32. The third-order valence-corrected chi connectivity index (χ3v) is 5.44. The summed E-state index contributed by atoms with van der Waals surface area (Å²) in [6.45, 7) is 8.44. The molecule has 0 aliphatic heterocycles. The molecule has 2 heterocycles. The molecule has 1 saturated carbocycles. The molecule has 4 nitrogen and oxygen atoms in total. The molecular formula is C16H26N4S. The van der Waals surface area contributed by atoms with Gasteiger partial charge in [0, 0.05) is 13.1 Å². The summed E-state index contributed by atoms with van der Waals surface area (Å²) in [5.41, 5.74) is 3.34. The molecule has 21 heavy (non-hydrogen) atoms. The van der Waals surface area contributed by atoms with Gasteiger partial charge in [-0.1, -0.05) is 26.2 Å². The van der Waals surface area contributed by atoms with E-state index in [9.17, 15) is 0 Å². The number of nitrogens with one attached hydrogen (secondary N) is 1. The number of hydrogen-bond acceptors (Lipinski definition) is 2. The van der Waals surface area contributed by atoms with Crippen molar-refractivity contribution in [2.45, 2.75) is 66.0 Å². The standard InChI is InChI=1S/C16H26N4S/c1-4-12-6-8-13(9-7-12)10-19-15-14(17-16(19)21)11(3)18-20(15)5-2/h12-13H,4-10H2,1-3H3,(H,17,21). The summed E-state index contributed by atoms with van der Waals surface area (Å²) in [6.07, 6.45) is 6.78. The van der Waals surface area contributed by atoms with Crippen molar-refractivity contribution in [3.05, 3.63) is 10.5 Å². The predicted octanol–water partition coefficient (Wildman–Crippen LogP) is 4.44. The summed E-state index contributed by atoms with van der Waals surface area (Å²) in [7, 11) is 0. The van der Waals surface area contributed by atoms with Crippen LogP contribution < -0.4 is 0 Å². The van der Waals surface area contributed by atoms with Gasteiger partial charge in [-0.2, -0.15) is 5.10 Å². The van der Waals surface area contributed by atoms with Crippen LogP contribution in [-0.4, -0.2) is 19.3 Å². The zero-order valence-corrected chi connectivity index (χ0v) is 14.2. The topological polar surface area (TPSA) is 38.5 Å². The number of rotatable bonds is 4. The Morgan fingerprint density at radius 1 is 1.19 bits per heavy atom. The van der Waals surface area contributed by atoms with Crippen LogP contribution in [0.2, 0.25) is 0 Å². The van der Waals surface area contributed by atoms with E-state index in [0.717, 1.165) is 40.9 Å². The summed E-state index contributed by atoms with van der Waals surface area (Å²) in [4.78, 5) is 3.35. The molecule has 0 radical (unpaired) electrons. The fourth-order valence-corrected chi connectivity index (χ4v) is 3.99. The number of aryl methyl sites for hydroxylation is 2. The van der Waals surface area contributed by atoms with E-state index in [4.69, 9.17) is 12.2 Å². The molecule has 2 aromatic rings. The Balaban J connectivity index is 1.87. The first-order valence-corrected chi connectivity index (χ1v) is 8.70. The fourth-order valence-electron chi connectivity index (χ4n) is 3.73. The quantitative estimate of drug-likeness (QED) is 0.848. The van der Waals surface area contributed by atoms with E-state index >= 15 is 0 Å². The minimum Gasteiger partial charge on any atom is -0.328 e. The van der Waals surface area contributed by atoms with Crippen molar-refractivity contribution in [3.63, 3.8) is 0 Å². The Morgan fingerprint density at radius 3 is 2.48 bits per heavy atom. The van der Waals surface area contributed by atoms with Gasteiger partial charge in [-0.25, -0.2) is 4.68 Å². The smallest absolute Gasteiger partial charge is 0.179 e. The number of hydrogen-bond donors (Lipinski definition) is 1. The van der Waals surface area contributed by atoms with Gasteiger partial charge in [-0.3, -0.25) is 0 Å². The van der Waals surface area contributed by atoms with Gasteiger partial charge in [0.05, 0.1) is 5.69 Å². The van der Waals surface area contributed by atoms with Gasteiger partial charge in [-0.15, -0.1) is 0 Å². The Morgan fingerprint density at radius 2 is 1.86 bits per heavy atom. The highest BCUT2D eigenvalue weighted by Gasteiger charge is 2.22. The number of H-pyrrole nitrogens is 1. The zero-order chi connectivity index (χ0) is 15.0. The van der Waals surface area contributed by atoms with E-state index in [0.29, 0.717) is 0 Å². The molecule has 3 rings (SSSR count). The monoisotopic (exact) mass is 306 g/mol. The van der Waals surface area contributed by atoms with E-state index in [-0.39, 0.29) is 0 Å². The molecule has 0 saturated heterocycles. The van der Waals surface area contributed by atoms with Gasteiger partial charge >= 0.3 is 0 Å². The second-order valence-corrected chi connectivity index (χ2v) is 6.82. The molecule has 0 bridgehead atoms. The Bertz CT molecular complexity index is 670. The summed E-state index contributed by atoms with van der Waals surface area (Å²) < 4.78 is 5.21. The van der Waals surface area contributed by atoms with E-state index in [1.807, 2.05) is 0 Å². The van der Waals surface area contributed by atoms with Gasteiger partial charge in [0.2, 0.25) is 0 Å². The second kappa shape index (κ2) is 5.95. The fraction of sp³-hybridized carbons (Fsp3) is 0.750. The lowest BCUT2D eigenvalue weighted by Crippen LogP contribution is -2.19. The Hall–Kier alpha value is -1.10. The molecule has 1 fully saturated rings. The number of nitrogens with zero attached hydrogens (tertiary/aromatic N) is 3. The van der Waals surface area contributed by atoms with Gasteiger partial charge in [0.15, 0.2) is 10.4 Å². The number of imidazole rings is 1. The SMILES string of the molecule is CCC1CCC(Cn2c(=S)[nH]c3c(C)nn(CC)c32)CC1. The van der Waals surface area contributed by atoms with Crippen LogP contribution in [0.25, 0.3) is 11.2 Å². The van der Waals surface area contributed by atoms with Crippen LogP contribution in [0.4, 0.5) is 0 Å². The second-order valence-electron chi connectivity index (χ2n) is 6.44. The first kappa shape index (κ1) is 14.8. The van der Waals surface area contributed by atoms with Crippen molar-refractivity contribution in [1.82, 2.24) is 19.3 Å².